The number of aliphatic imine (C=N–C) groups is 1. The number of nitrogen functional groups attached to an aromatic ring is 1. The smallest absolute Gasteiger partial charge is 0.276 e. The Hall–Kier alpha value is -4.12. The Morgan fingerprint density at radius 3 is 2.47 bits per heavy atom. The molecule has 38 heavy (non-hydrogen) atoms. The van der Waals surface area contributed by atoms with Crippen molar-refractivity contribution in [3.63, 3.8) is 0 Å². The summed E-state index contributed by atoms with van der Waals surface area (Å²) in [5, 5.41) is 6.81. The third-order valence-corrected chi connectivity index (χ3v) is 6.71. The summed E-state index contributed by atoms with van der Waals surface area (Å²) in [6.45, 7) is 2.91. The molecule has 0 spiro atoms. The summed E-state index contributed by atoms with van der Waals surface area (Å²) in [5.41, 5.74) is 7.24. The van der Waals surface area contributed by atoms with Gasteiger partial charge in [-0.15, -0.1) is 0 Å². The number of halogens is 2. The highest BCUT2D eigenvalue weighted by atomic mass is 19.1. The van der Waals surface area contributed by atoms with Crippen molar-refractivity contribution in [3.8, 4) is 5.69 Å². The molecule has 2 saturated heterocycles. The van der Waals surface area contributed by atoms with Crippen LogP contribution in [0.15, 0.2) is 52.3 Å². The van der Waals surface area contributed by atoms with E-state index in [1.165, 1.54) is 12.1 Å². The van der Waals surface area contributed by atoms with E-state index in [-0.39, 0.29) is 11.7 Å². The van der Waals surface area contributed by atoms with Gasteiger partial charge in [0, 0.05) is 49.8 Å². The number of anilines is 3. The summed E-state index contributed by atoms with van der Waals surface area (Å²) < 4.78 is 34.6. The minimum absolute atomic E-state index is 0.136. The highest BCUT2D eigenvalue weighted by molar-refractivity contribution is 6.08. The second-order valence-corrected chi connectivity index (χ2v) is 9.27. The van der Waals surface area contributed by atoms with Gasteiger partial charge in [-0.3, -0.25) is 14.6 Å². The molecule has 0 atom stereocenters. The van der Waals surface area contributed by atoms with E-state index < -0.39 is 28.8 Å². The van der Waals surface area contributed by atoms with Crippen molar-refractivity contribution in [1.82, 2.24) is 9.78 Å². The number of nitrogens with one attached hydrogen (secondary N) is 1. The molecule has 0 bridgehead atoms. The third-order valence-electron chi connectivity index (χ3n) is 6.71. The van der Waals surface area contributed by atoms with E-state index in [9.17, 15) is 18.4 Å². The first-order valence-corrected chi connectivity index (χ1v) is 12.6. The fourth-order valence-corrected chi connectivity index (χ4v) is 4.73. The standard InChI is InChI=1S/C27H28F2N6O3/c28-19-4-3-5-20(29)26(19)35-24(36)9-8-23(33-35)27(37)32-22-7-6-21(30)18(25(22)34-12-1-2-13-34)16-31-17-10-14-38-15-11-17/h3-9,16-17H,1-2,10-15,30H2,(H,32,37). The van der Waals surface area contributed by atoms with Crippen molar-refractivity contribution in [2.75, 3.05) is 42.3 Å². The van der Waals surface area contributed by atoms with Crippen LogP contribution in [0.1, 0.15) is 41.7 Å². The molecule has 0 saturated carbocycles. The largest absolute Gasteiger partial charge is 0.398 e. The van der Waals surface area contributed by atoms with Crippen LogP contribution in [0, 0.1) is 11.6 Å². The number of nitrogens with zero attached hydrogens (tertiary/aromatic N) is 4. The third kappa shape index (κ3) is 5.28. The minimum atomic E-state index is -0.972. The first kappa shape index (κ1) is 25.5. The quantitative estimate of drug-likeness (QED) is 0.378. The Labute approximate surface area is 217 Å². The van der Waals surface area contributed by atoms with Gasteiger partial charge in [0.15, 0.2) is 11.6 Å². The number of hydrogen-bond donors (Lipinski definition) is 2. The molecule has 11 heteroatoms. The molecule has 2 aliphatic rings. The van der Waals surface area contributed by atoms with Crippen LogP contribution >= 0.6 is 0 Å². The lowest BCUT2D eigenvalue weighted by Gasteiger charge is -2.25. The van der Waals surface area contributed by atoms with E-state index in [4.69, 9.17) is 15.5 Å². The molecule has 2 aromatic carbocycles. The number of hydrogen-bond acceptors (Lipinski definition) is 7. The summed E-state index contributed by atoms with van der Waals surface area (Å²) in [6.07, 6.45) is 5.43. The maximum atomic E-state index is 14.3. The highest BCUT2D eigenvalue weighted by Crippen LogP contribution is 2.36. The summed E-state index contributed by atoms with van der Waals surface area (Å²) >= 11 is 0. The molecule has 3 aromatic rings. The van der Waals surface area contributed by atoms with E-state index in [1.54, 1.807) is 18.3 Å². The average molecular weight is 523 g/mol. The molecular weight excluding hydrogens is 494 g/mol. The van der Waals surface area contributed by atoms with Gasteiger partial charge in [0.2, 0.25) is 0 Å². The number of amides is 1. The predicted molar refractivity (Wildman–Crippen MR) is 141 cm³/mol. The average Bonchev–Trinajstić information content (AvgIpc) is 3.45. The summed E-state index contributed by atoms with van der Waals surface area (Å²) in [4.78, 5) is 32.5. The number of ether oxygens (including phenoxy) is 1. The van der Waals surface area contributed by atoms with Crippen LogP contribution in [0.3, 0.4) is 0 Å². The van der Waals surface area contributed by atoms with Gasteiger partial charge in [-0.25, -0.2) is 8.78 Å². The van der Waals surface area contributed by atoms with Gasteiger partial charge in [0.25, 0.3) is 11.5 Å². The molecule has 9 nitrogen and oxygen atoms in total. The fourth-order valence-electron chi connectivity index (χ4n) is 4.73. The van der Waals surface area contributed by atoms with Gasteiger partial charge in [0.05, 0.1) is 17.4 Å². The van der Waals surface area contributed by atoms with Crippen molar-refractivity contribution in [3.05, 3.63) is 75.7 Å². The SMILES string of the molecule is Nc1ccc(NC(=O)c2ccc(=O)n(-c3c(F)cccc3F)n2)c(N2CCCC2)c1C=NC1CCOCC1. The Kier molecular flexibility index (Phi) is 7.45. The molecule has 1 aromatic heterocycles. The second kappa shape index (κ2) is 11.1. The molecule has 0 radical (unpaired) electrons. The van der Waals surface area contributed by atoms with Gasteiger partial charge in [0.1, 0.15) is 11.4 Å². The summed E-state index contributed by atoms with van der Waals surface area (Å²) in [6, 6.07) is 9.01. The first-order chi connectivity index (χ1) is 18.4. The van der Waals surface area contributed by atoms with Crippen molar-refractivity contribution >= 4 is 29.2 Å². The second-order valence-electron chi connectivity index (χ2n) is 9.27. The number of aromatic nitrogens is 2. The lowest BCUT2D eigenvalue weighted by atomic mass is 10.1. The van der Waals surface area contributed by atoms with Crippen LogP contribution in [-0.4, -0.2) is 54.2 Å². The van der Waals surface area contributed by atoms with Crippen molar-refractivity contribution in [2.45, 2.75) is 31.7 Å². The van der Waals surface area contributed by atoms with E-state index >= 15 is 0 Å². The monoisotopic (exact) mass is 522 g/mol. The topological polar surface area (TPSA) is 115 Å². The molecule has 3 heterocycles. The molecule has 2 fully saturated rings. The van der Waals surface area contributed by atoms with Gasteiger partial charge in [-0.1, -0.05) is 6.07 Å². The molecule has 198 valence electrons. The minimum Gasteiger partial charge on any atom is -0.398 e. The van der Waals surface area contributed by atoms with Crippen molar-refractivity contribution in [2.24, 2.45) is 4.99 Å². The van der Waals surface area contributed by atoms with Crippen LogP contribution in [0.4, 0.5) is 25.8 Å². The van der Waals surface area contributed by atoms with Crippen LogP contribution in [0.5, 0.6) is 0 Å². The number of benzene rings is 2. The number of rotatable bonds is 6. The van der Waals surface area contributed by atoms with Crippen LogP contribution in [-0.2, 0) is 4.74 Å². The first-order valence-electron chi connectivity index (χ1n) is 12.6. The zero-order chi connectivity index (χ0) is 26.6. The van der Waals surface area contributed by atoms with Gasteiger partial charge >= 0.3 is 0 Å². The Morgan fingerprint density at radius 1 is 1.05 bits per heavy atom. The van der Waals surface area contributed by atoms with Crippen molar-refractivity contribution in [1.29, 1.82) is 0 Å². The van der Waals surface area contributed by atoms with Crippen LogP contribution in [0.2, 0.25) is 0 Å². The van der Waals surface area contributed by atoms with E-state index in [2.05, 4.69) is 15.3 Å². The van der Waals surface area contributed by atoms with E-state index in [0.29, 0.717) is 34.8 Å². The lowest BCUT2D eigenvalue weighted by Crippen LogP contribution is -2.27. The fraction of sp³-hybridized carbons (Fsp3) is 0.333. The molecule has 5 rings (SSSR count). The van der Waals surface area contributed by atoms with Crippen LogP contribution < -0.4 is 21.5 Å². The zero-order valence-electron chi connectivity index (χ0n) is 20.7. The maximum Gasteiger partial charge on any atom is 0.276 e. The molecular formula is C27H28F2N6O3. The van der Waals surface area contributed by atoms with Crippen molar-refractivity contribution < 1.29 is 18.3 Å². The van der Waals surface area contributed by atoms with E-state index in [0.717, 1.165) is 62.7 Å². The lowest BCUT2D eigenvalue weighted by molar-refractivity contribution is 0.0872. The molecule has 1 amide bonds. The Morgan fingerprint density at radius 2 is 1.76 bits per heavy atom. The summed E-state index contributed by atoms with van der Waals surface area (Å²) in [7, 11) is 0. The molecule has 2 aliphatic heterocycles. The van der Waals surface area contributed by atoms with Gasteiger partial charge < -0.3 is 20.7 Å². The Bertz CT molecular complexity index is 1410. The van der Waals surface area contributed by atoms with Gasteiger partial charge in [-0.05, 0) is 56.0 Å². The van der Waals surface area contributed by atoms with Crippen LogP contribution in [0.25, 0.3) is 5.69 Å². The van der Waals surface area contributed by atoms with E-state index in [1.807, 2.05) is 0 Å². The number of nitrogens with two attached hydrogens (primary N) is 1. The number of carbonyl (C=O) groups excluding carboxylic acids is 1. The molecule has 0 unspecified atom stereocenters. The molecule has 3 N–H and O–H groups in total. The number of para-hydroxylation sites is 1. The Balaban J connectivity index is 1.49. The normalized spacial score (nSPS) is 16.3. The molecule has 0 aliphatic carbocycles. The number of carbonyl (C=O) groups is 1. The highest BCUT2D eigenvalue weighted by Gasteiger charge is 2.23. The summed E-state index contributed by atoms with van der Waals surface area (Å²) in [5.74, 6) is -2.59. The zero-order valence-corrected chi connectivity index (χ0v) is 20.7. The predicted octanol–water partition coefficient (Wildman–Crippen LogP) is 3.54. The maximum absolute atomic E-state index is 14.3. The van der Waals surface area contributed by atoms with Gasteiger partial charge in [-0.2, -0.15) is 9.78 Å².